The van der Waals surface area contributed by atoms with Crippen LogP contribution in [0, 0.1) is 13.8 Å². The van der Waals surface area contributed by atoms with Gasteiger partial charge in [-0.2, -0.15) is 4.31 Å². The first-order valence-corrected chi connectivity index (χ1v) is 13.5. The van der Waals surface area contributed by atoms with E-state index in [-0.39, 0.29) is 18.9 Å². The SMILES string of the molecule is Cc1ccc(S(=O)(=O)N(CCC(=O)N2CCNCC2)CCN2[C@H](C)CCC[C@H]2C)c(C)c1. The molecule has 0 bridgehead atoms. The average Bonchev–Trinajstić information content (AvgIpc) is 2.75. The fourth-order valence-electron chi connectivity index (χ4n) is 5.02. The Labute approximate surface area is 194 Å². The molecule has 8 heteroatoms. The monoisotopic (exact) mass is 464 g/mol. The second-order valence-corrected chi connectivity index (χ2v) is 11.3. The van der Waals surface area contributed by atoms with Crippen LogP contribution in [0.1, 0.15) is 50.7 Å². The summed E-state index contributed by atoms with van der Waals surface area (Å²) in [4.78, 5) is 17.4. The van der Waals surface area contributed by atoms with Crippen LogP contribution in [-0.4, -0.2) is 86.3 Å². The van der Waals surface area contributed by atoms with E-state index < -0.39 is 10.0 Å². The summed E-state index contributed by atoms with van der Waals surface area (Å²) in [5.74, 6) is 0.0343. The van der Waals surface area contributed by atoms with Crippen molar-refractivity contribution >= 4 is 15.9 Å². The van der Waals surface area contributed by atoms with Gasteiger partial charge in [0.1, 0.15) is 0 Å². The summed E-state index contributed by atoms with van der Waals surface area (Å²) >= 11 is 0. The number of hydrogen-bond donors (Lipinski definition) is 1. The largest absolute Gasteiger partial charge is 0.340 e. The first kappa shape index (κ1) is 25.1. The number of piperazine rings is 1. The quantitative estimate of drug-likeness (QED) is 0.640. The van der Waals surface area contributed by atoms with Crippen molar-refractivity contribution in [3.8, 4) is 0 Å². The van der Waals surface area contributed by atoms with E-state index in [0.717, 1.165) is 37.1 Å². The van der Waals surface area contributed by atoms with Gasteiger partial charge < -0.3 is 10.2 Å². The van der Waals surface area contributed by atoms with E-state index in [1.165, 1.54) is 6.42 Å². The number of nitrogens with zero attached hydrogens (tertiary/aromatic N) is 3. The standard InChI is InChI=1S/C24H40N4O3S/c1-19-8-9-23(20(2)18-19)32(30,31)27(13-10-24(29)26-14-11-25-12-15-26)16-17-28-21(3)6-5-7-22(28)4/h8-9,18,21-22,25H,5-7,10-17H2,1-4H3/t21-,22-/m1/s1. The van der Waals surface area contributed by atoms with Crippen molar-refractivity contribution in [2.45, 2.75) is 70.4 Å². The number of sulfonamides is 1. The van der Waals surface area contributed by atoms with E-state index in [1.807, 2.05) is 30.9 Å². The second kappa shape index (κ2) is 11.1. The van der Waals surface area contributed by atoms with Gasteiger partial charge in [-0.25, -0.2) is 8.42 Å². The molecule has 2 heterocycles. The third kappa shape index (κ3) is 6.10. The third-order valence-electron chi connectivity index (χ3n) is 6.98. The maximum Gasteiger partial charge on any atom is 0.243 e. The molecule has 2 aliphatic rings. The van der Waals surface area contributed by atoms with Crippen molar-refractivity contribution < 1.29 is 13.2 Å². The van der Waals surface area contributed by atoms with Crippen molar-refractivity contribution in [2.75, 3.05) is 45.8 Å². The van der Waals surface area contributed by atoms with E-state index in [0.29, 0.717) is 43.2 Å². The van der Waals surface area contributed by atoms with Crippen LogP contribution < -0.4 is 5.32 Å². The molecule has 0 unspecified atom stereocenters. The van der Waals surface area contributed by atoms with Crippen LogP contribution in [0.2, 0.25) is 0 Å². The van der Waals surface area contributed by atoms with Crippen LogP contribution in [0.25, 0.3) is 0 Å². The summed E-state index contributed by atoms with van der Waals surface area (Å²) in [6.07, 6.45) is 3.74. The van der Waals surface area contributed by atoms with Crippen LogP contribution in [0.15, 0.2) is 23.1 Å². The lowest BCUT2D eigenvalue weighted by Crippen LogP contribution is -2.49. The number of likely N-dealkylation sites (tertiary alicyclic amines) is 1. The summed E-state index contributed by atoms with van der Waals surface area (Å²) in [6, 6.07) is 6.36. The zero-order valence-electron chi connectivity index (χ0n) is 20.1. The molecule has 0 aromatic heterocycles. The maximum absolute atomic E-state index is 13.7. The Morgan fingerprint density at radius 1 is 1.09 bits per heavy atom. The van der Waals surface area contributed by atoms with Crippen molar-refractivity contribution in [1.29, 1.82) is 0 Å². The highest BCUT2D eigenvalue weighted by Gasteiger charge is 2.30. The highest BCUT2D eigenvalue weighted by molar-refractivity contribution is 7.89. The van der Waals surface area contributed by atoms with Crippen LogP contribution in [0.3, 0.4) is 0 Å². The summed E-state index contributed by atoms with van der Waals surface area (Å²) in [5, 5.41) is 3.25. The summed E-state index contributed by atoms with van der Waals surface area (Å²) in [6.45, 7) is 12.5. The van der Waals surface area contributed by atoms with E-state index in [4.69, 9.17) is 0 Å². The number of aryl methyl sites for hydroxylation is 2. The Kier molecular flexibility index (Phi) is 8.72. The number of piperidine rings is 1. The topological polar surface area (TPSA) is 73.0 Å². The first-order chi connectivity index (χ1) is 15.2. The summed E-state index contributed by atoms with van der Waals surface area (Å²) in [5.41, 5.74) is 1.79. The number of amides is 1. The van der Waals surface area contributed by atoms with E-state index in [1.54, 1.807) is 10.4 Å². The molecule has 0 radical (unpaired) electrons. The Morgan fingerprint density at radius 2 is 1.75 bits per heavy atom. The molecule has 1 aromatic rings. The average molecular weight is 465 g/mol. The van der Waals surface area contributed by atoms with Crippen LogP contribution in [0.5, 0.6) is 0 Å². The molecule has 7 nitrogen and oxygen atoms in total. The second-order valence-electron chi connectivity index (χ2n) is 9.42. The Balaban J connectivity index is 1.77. The highest BCUT2D eigenvalue weighted by atomic mass is 32.2. The molecule has 32 heavy (non-hydrogen) atoms. The number of benzene rings is 1. The van der Waals surface area contributed by atoms with Crippen LogP contribution >= 0.6 is 0 Å². The minimum atomic E-state index is -3.69. The van der Waals surface area contributed by atoms with Gasteiger partial charge in [-0.05, 0) is 52.2 Å². The van der Waals surface area contributed by atoms with Gasteiger partial charge in [0.15, 0.2) is 0 Å². The molecule has 1 N–H and O–H groups in total. The predicted octanol–water partition coefficient (Wildman–Crippen LogP) is 2.38. The number of nitrogens with one attached hydrogen (secondary N) is 1. The minimum Gasteiger partial charge on any atom is -0.340 e. The fraction of sp³-hybridized carbons (Fsp3) is 0.708. The van der Waals surface area contributed by atoms with Crippen molar-refractivity contribution in [2.24, 2.45) is 0 Å². The number of hydrogen-bond acceptors (Lipinski definition) is 5. The molecule has 0 spiro atoms. The van der Waals surface area contributed by atoms with E-state index in [9.17, 15) is 13.2 Å². The van der Waals surface area contributed by atoms with Gasteiger partial charge >= 0.3 is 0 Å². The Bertz CT molecular complexity index is 873. The maximum atomic E-state index is 13.7. The first-order valence-electron chi connectivity index (χ1n) is 12.0. The Morgan fingerprint density at radius 3 is 2.38 bits per heavy atom. The highest BCUT2D eigenvalue weighted by Crippen LogP contribution is 2.24. The fourth-order valence-corrected chi connectivity index (χ4v) is 6.65. The molecular weight excluding hydrogens is 424 g/mol. The molecule has 1 amide bonds. The van der Waals surface area contributed by atoms with E-state index in [2.05, 4.69) is 24.1 Å². The van der Waals surface area contributed by atoms with Crippen LogP contribution in [0.4, 0.5) is 0 Å². The van der Waals surface area contributed by atoms with E-state index >= 15 is 0 Å². The Hall–Kier alpha value is -1.48. The van der Waals surface area contributed by atoms with Gasteiger partial charge in [0.2, 0.25) is 15.9 Å². The molecule has 180 valence electrons. The summed E-state index contributed by atoms with van der Waals surface area (Å²) < 4.78 is 28.9. The molecular formula is C24H40N4O3S. The zero-order chi connectivity index (χ0) is 23.3. The molecule has 0 aliphatic carbocycles. The zero-order valence-corrected chi connectivity index (χ0v) is 21.0. The summed E-state index contributed by atoms with van der Waals surface area (Å²) in [7, 11) is -3.69. The molecule has 2 aliphatic heterocycles. The van der Waals surface area contributed by atoms with Crippen LogP contribution in [-0.2, 0) is 14.8 Å². The number of rotatable bonds is 8. The molecule has 2 atom stereocenters. The van der Waals surface area contributed by atoms with Crippen molar-refractivity contribution in [3.05, 3.63) is 29.3 Å². The van der Waals surface area contributed by atoms with Gasteiger partial charge in [-0.3, -0.25) is 9.69 Å². The van der Waals surface area contributed by atoms with Gasteiger partial charge in [-0.15, -0.1) is 0 Å². The number of carbonyl (C=O) groups is 1. The van der Waals surface area contributed by atoms with Crippen molar-refractivity contribution in [3.63, 3.8) is 0 Å². The molecule has 0 saturated carbocycles. The molecule has 2 saturated heterocycles. The normalized spacial score (nSPS) is 23.0. The smallest absolute Gasteiger partial charge is 0.243 e. The lowest BCUT2D eigenvalue weighted by molar-refractivity contribution is -0.131. The van der Waals surface area contributed by atoms with Gasteiger partial charge in [0.25, 0.3) is 0 Å². The molecule has 2 fully saturated rings. The third-order valence-corrected chi connectivity index (χ3v) is 9.04. The van der Waals surface area contributed by atoms with Gasteiger partial charge in [0.05, 0.1) is 4.90 Å². The lowest BCUT2D eigenvalue weighted by atomic mass is 9.98. The molecule has 3 rings (SSSR count). The minimum absolute atomic E-state index is 0.0343. The number of carbonyl (C=O) groups excluding carboxylic acids is 1. The molecule has 1 aromatic carbocycles. The lowest BCUT2D eigenvalue weighted by Gasteiger charge is -2.40. The predicted molar refractivity (Wildman–Crippen MR) is 128 cm³/mol. The van der Waals surface area contributed by atoms with Gasteiger partial charge in [-0.1, -0.05) is 24.1 Å². The van der Waals surface area contributed by atoms with Gasteiger partial charge in [0, 0.05) is 64.3 Å². The van der Waals surface area contributed by atoms with Crippen molar-refractivity contribution in [1.82, 2.24) is 19.4 Å².